The van der Waals surface area contributed by atoms with Crippen LogP contribution >= 0.6 is 0 Å². The fraction of sp³-hybridized carbons (Fsp3) is 0.444. The van der Waals surface area contributed by atoms with Gasteiger partial charge >= 0.3 is 6.18 Å². The van der Waals surface area contributed by atoms with Crippen molar-refractivity contribution in [1.82, 2.24) is 20.1 Å². The Balaban J connectivity index is 1.63. The molecule has 1 aliphatic rings. The maximum atomic E-state index is 12.8. The van der Waals surface area contributed by atoms with E-state index in [-0.39, 0.29) is 35.4 Å². The molecular formula is C18H20F3N5O2. The van der Waals surface area contributed by atoms with Crippen molar-refractivity contribution in [3.8, 4) is 0 Å². The number of rotatable bonds is 5. The summed E-state index contributed by atoms with van der Waals surface area (Å²) in [5.41, 5.74) is -0.728. The fourth-order valence-corrected chi connectivity index (χ4v) is 3.12. The molecule has 10 heteroatoms. The standard InChI is InChI=1S/C18H20F3N5O2/c1-11-15(6-12(7-22-11)18(19,20)21)17(28)25-14-8-23-26(9-14)10-16(27)24-13-4-2-3-5-13/h6-9,13H,2-5,10H2,1H3,(H,24,27)(H,25,28). The Morgan fingerprint density at radius 3 is 2.64 bits per heavy atom. The number of alkyl halides is 3. The Labute approximate surface area is 159 Å². The van der Waals surface area contributed by atoms with Crippen LogP contribution in [0, 0.1) is 6.92 Å². The predicted molar refractivity (Wildman–Crippen MR) is 94.6 cm³/mol. The number of hydrogen-bond acceptors (Lipinski definition) is 4. The van der Waals surface area contributed by atoms with Crippen molar-refractivity contribution in [2.24, 2.45) is 0 Å². The average molecular weight is 395 g/mol. The molecule has 0 radical (unpaired) electrons. The number of carbonyl (C=O) groups is 2. The van der Waals surface area contributed by atoms with Gasteiger partial charge in [-0.15, -0.1) is 0 Å². The lowest BCUT2D eigenvalue weighted by atomic mass is 10.1. The third-order valence-electron chi connectivity index (χ3n) is 4.58. The van der Waals surface area contributed by atoms with Crippen molar-refractivity contribution < 1.29 is 22.8 Å². The zero-order chi connectivity index (χ0) is 20.3. The molecule has 0 aliphatic heterocycles. The monoisotopic (exact) mass is 395 g/mol. The summed E-state index contributed by atoms with van der Waals surface area (Å²) in [7, 11) is 0. The molecule has 1 saturated carbocycles. The average Bonchev–Trinajstić information content (AvgIpc) is 3.26. The molecule has 0 saturated heterocycles. The van der Waals surface area contributed by atoms with Crippen molar-refractivity contribution in [2.75, 3.05) is 5.32 Å². The number of carbonyl (C=O) groups excluding carboxylic acids is 2. The summed E-state index contributed by atoms with van der Waals surface area (Å²) in [6, 6.07) is 0.954. The highest BCUT2D eigenvalue weighted by atomic mass is 19.4. The van der Waals surface area contributed by atoms with E-state index in [9.17, 15) is 22.8 Å². The molecule has 3 rings (SSSR count). The van der Waals surface area contributed by atoms with E-state index in [4.69, 9.17) is 0 Å². The molecule has 150 valence electrons. The first-order valence-corrected chi connectivity index (χ1v) is 8.89. The van der Waals surface area contributed by atoms with Gasteiger partial charge in [0.1, 0.15) is 6.54 Å². The Morgan fingerprint density at radius 1 is 1.25 bits per heavy atom. The minimum atomic E-state index is -4.59. The first-order valence-electron chi connectivity index (χ1n) is 8.89. The highest BCUT2D eigenvalue weighted by Gasteiger charge is 2.32. The van der Waals surface area contributed by atoms with Crippen LogP contribution in [0.15, 0.2) is 24.7 Å². The number of nitrogens with zero attached hydrogens (tertiary/aromatic N) is 3. The number of nitrogens with one attached hydrogen (secondary N) is 2. The molecule has 28 heavy (non-hydrogen) atoms. The molecule has 0 bridgehead atoms. The third-order valence-corrected chi connectivity index (χ3v) is 4.58. The molecule has 2 N–H and O–H groups in total. The van der Waals surface area contributed by atoms with Gasteiger partial charge in [0.2, 0.25) is 5.91 Å². The number of amides is 2. The lowest BCUT2D eigenvalue weighted by Crippen LogP contribution is -2.35. The maximum absolute atomic E-state index is 12.8. The van der Waals surface area contributed by atoms with Crippen LogP contribution in [0.2, 0.25) is 0 Å². The van der Waals surface area contributed by atoms with Crippen LogP contribution in [0.5, 0.6) is 0 Å². The molecule has 0 unspecified atom stereocenters. The van der Waals surface area contributed by atoms with Gasteiger partial charge in [-0.2, -0.15) is 18.3 Å². The number of aromatic nitrogens is 3. The van der Waals surface area contributed by atoms with Gasteiger partial charge in [-0.3, -0.25) is 19.3 Å². The summed E-state index contributed by atoms with van der Waals surface area (Å²) in [6.45, 7) is 1.45. The summed E-state index contributed by atoms with van der Waals surface area (Å²) < 4.78 is 39.9. The smallest absolute Gasteiger partial charge is 0.352 e. The summed E-state index contributed by atoms with van der Waals surface area (Å²) in [5, 5.41) is 9.41. The highest BCUT2D eigenvalue weighted by molar-refractivity contribution is 6.05. The van der Waals surface area contributed by atoms with Crippen LogP contribution in [-0.2, 0) is 17.5 Å². The molecule has 0 atom stereocenters. The van der Waals surface area contributed by atoms with Crippen LogP contribution in [0.4, 0.5) is 18.9 Å². The second kappa shape index (κ2) is 7.99. The Morgan fingerprint density at radius 2 is 1.96 bits per heavy atom. The molecule has 2 aromatic rings. The normalized spacial score (nSPS) is 14.9. The zero-order valence-corrected chi connectivity index (χ0v) is 15.2. The maximum Gasteiger partial charge on any atom is 0.417 e. The van der Waals surface area contributed by atoms with Gasteiger partial charge in [-0.05, 0) is 25.8 Å². The summed E-state index contributed by atoms with van der Waals surface area (Å²) in [6.07, 6.45) is 3.02. The van der Waals surface area contributed by atoms with Crippen molar-refractivity contribution >= 4 is 17.5 Å². The second-order valence-corrected chi connectivity index (χ2v) is 6.78. The second-order valence-electron chi connectivity index (χ2n) is 6.78. The molecule has 2 heterocycles. The topological polar surface area (TPSA) is 88.9 Å². The molecule has 1 fully saturated rings. The van der Waals surface area contributed by atoms with E-state index in [1.807, 2.05) is 0 Å². The molecule has 0 spiro atoms. The molecule has 1 aliphatic carbocycles. The Hall–Kier alpha value is -2.91. The van der Waals surface area contributed by atoms with Crippen LogP contribution in [-0.4, -0.2) is 32.6 Å². The Bertz CT molecular complexity index is 872. The van der Waals surface area contributed by atoms with Gasteiger partial charge < -0.3 is 10.6 Å². The lowest BCUT2D eigenvalue weighted by Gasteiger charge is -2.11. The summed E-state index contributed by atoms with van der Waals surface area (Å²) in [5.74, 6) is -0.906. The SMILES string of the molecule is Cc1ncc(C(F)(F)F)cc1C(=O)Nc1cnn(CC(=O)NC2CCCC2)c1. The van der Waals surface area contributed by atoms with Gasteiger partial charge in [0.05, 0.1) is 28.7 Å². The molecule has 2 aromatic heterocycles. The molecule has 7 nitrogen and oxygen atoms in total. The summed E-state index contributed by atoms with van der Waals surface area (Å²) >= 11 is 0. The largest absolute Gasteiger partial charge is 0.417 e. The number of anilines is 1. The zero-order valence-electron chi connectivity index (χ0n) is 15.2. The fourth-order valence-electron chi connectivity index (χ4n) is 3.12. The van der Waals surface area contributed by atoms with Crippen LogP contribution in [0.3, 0.4) is 0 Å². The van der Waals surface area contributed by atoms with Gasteiger partial charge in [-0.1, -0.05) is 12.8 Å². The Kier molecular flexibility index (Phi) is 5.66. The lowest BCUT2D eigenvalue weighted by molar-refractivity contribution is -0.137. The van der Waals surface area contributed by atoms with E-state index in [2.05, 4.69) is 20.7 Å². The third kappa shape index (κ3) is 4.87. The van der Waals surface area contributed by atoms with E-state index < -0.39 is 17.6 Å². The van der Waals surface area contributed by atoms with E-state index in [1.54, 1.807) is 0 Å². The van der Waals surface area contributed by atoms with Crippen molar-refractivity contribution in [3.05, 3.63) is 41.5 Å². The molecule has 2 amide bonds. The summed E-state index contributed by atoms with van der Waals surface area (Å²) in [4.78, 5) is 28.0. The number of pyridine rings is 1. The van der Waals surface area contributed by atoms with E-state index >= 15 is 0 Å². The van der Waals surface area contributed by atoms with Crippen LogP contribution in [0.25, 0.3) is 0 Å². The quantitative estimate of drug-likeness (QED) is 0.815. The van der Waals surface area contributed by atoms with Gasteiger partial charge in [0.25, 0.3) is 5.91 Å². The van der Waals surface area contributed by atoms with Gasteiger partial charge in [-0.25, -0.2) is 0 Å². The first-order chi connectivity index (χ1) is 13.2. The first kappa shape index (κ1) is 19.8. The van der Waals surface area contributed by atoms with Gasteiger partial charge in [0.15, 0.2) is 0 Å². The number of aryl methyl sites for hydroxylation is 1. The minimum absolute atomic E-state index is 0.00346. The van der Waals surface area contributed by atoms with E-state index in [0.29, 0.717) is 6.20 Å². The van der Waals surface area contributed by atoms with Crippen LogP contribution < -0.4 is 10.6 Å². The number of halogens is 3. The van der Waals surface area contributed by atoms with Gasteiger partial charge in [0, 0.05) is 18.4 Å². The minimum Gasteiger partial charge on any atom is -0.352 e. The molecule has 0 aromatic carbocycles. The van der Waals surface area contributed by atoms with Crippen molar-refractivity contribution in [1.29, 1.82) is 0 Å². The van der Waals surface area contributed by atoms with E-state index in [1.165, 1.54) is 24.0 Å². The van der Waals surface area contributed by atoms with E-state index in [0.717, 1.165) is 31.7 Å². The van der Waals surface area contributed by atoms with Crippen LogP contribution in [0.1, 0.15) is 47.3 Å². The van der Waals surface area contributed by atoms with Crippen molar-refractivity contribution in [2.45, 2.75) is 51.4 Å². The highest BCUT2D eigenvalue weighted by Crippen LogP contribution is 2.29. The predicted octanol–water partition coefficient (Wildman–Crippen LogP) is 2.92. The molecular weight excluding hydrogens is 375 g/mol. The van der Waals surface area contributed by atoms with Crippen molar-refractivity contribution in [3.63, 3.8) is 0 Å². The number of hydrogen-bond donors (Lipinski definition) is 2.